The Morgan fingerprint density at radius 3 is 1.00 bits per heavy atom. The standard InChI is InChI=1S/C45H80N8O16S/c1-8-46-45(63)70-27-17-15-16-18-38(56)53(21-19-47-36(54)28-49(30-39(57)64-9-2)23-25-51(32-41(59)66-11-4)33-42(60)67-12-5)22-20-48-37(55)29-50(31-40(58)65-10-3)24-26-52(34-43(61)68-13-6)35-44(62)69-14-7/h8-35H2,1-7H3,(H,46,63)(H,47,54)(H,48,55). The molecule has 70 heavy (non-hydrogen) atoms. The van der Waals surface area contributed by atoms with E-state index in [1.54, 1.807) is 41.5 Å². The van der Waals surface area contributed by atoms with Gasteiger partial charge in [-0.3, -0.25) is 67.5 Å². The number of unbranched alkanes of at least 4 members (excludes halogenated alkanes) is 2. The van der Waals surface area contributed by atoms with E-state index in [0.29, 0.717) is 31.6 Å². The van der Waals surface area contributed by atoms with Crippen LogP contribution in [0.15, 0.2) is 0 Å². The van der Waals surface area contributed by atoms with Crippen LogP contribution in [0.5, 0.6) is 0 Å². The summed E-state index contributed by atoms with van der Waals surface area (Å²) >= 11 is 1.17. The molecular formula is C45H80N8O16S. The van der Waals surface area contributed by atoms with Crippen LogP contribution in [0.3, 0.4) is 0 Å². The van der Waals surface area contributed by atoms with Crippen molar-refractivity contribution in [3.05, 3.63) is 0 Å². The lowest BCUT2D eigenvalue weighted by Gasteiger charge is -2.27. The Hall–Kier alpha value is -5.11. The van der Waals surface area contributed by atoms with Gasteiger partial charge in [-0.2, -0.15) is 0 Å². The number of ether oxygens (including phenoxy) is 6. The number of carbonyl (C=O) groups excluding carboxylic acids is 10. The Kier molecular flexibility index (Phi) is 38.6. The topological polar surface area (TPSA) is 278 Å². The van der Waals surface area contributed by atoms with E-state index in [9.17, 15) is 47.9 Å². The molecule has 0 heterocycles. The Bertz CT molecular complexity index is 1460. The minimum absolute atomic E-state index is 0.00814. The van der Waals surface area contributed by atoms with Crippen molar-refractivity contribution in [3.63, 3.8) is 0 Å². The van der Waals surface area contributed by atoms with Gasteiger partial charge in [-0.25, -0.2) is 0 Å². The van der Waals surface area contributed by atoms with Gasteiger partial charge < -0.3 is 49.3 Å². The summed E-state index contributed by atoms with van der Waals surface area (Å²) in [6, 6.07) is 0. The van der Waals surface area contributed by atoms with Gasteiger partial charge in [0.15, 0.2) is 0 Å². The molecule has 0 aliphatic rings. The highest BCUT2D eigenvalue weighted by Gasteiger charge is 2.23. The molecule has 0 spiro atoms. The predicted octanol–water partition coefficient (Wildman–Crippen LogP) is -0.343. The second-order valence-electron chi connectivity index (χ2n) is 15.2. The summed E-state index contributed by atoms with van der Waals surface area (Å²) in [5.74, 6) is -4.05. The minimum atomic E-state index is -0.590. The molecule has 0 fully saturated rings. The number of carbonyl (C=O) groups is 10. The van der Waals surface area contributed by atoms with Crippen molar-refractivity contribution < 1.29 is 76.4 Å². The average Bonchev–Trinajstić information content (AvgIpc) is 3.28. The predicted molar refractivity (Wildman–Crippen MR) is 258 cm³/mol. The van der Waals surface area contributed by atoms with Gasteiger partial charge in [0, 0.05) is 71.1 Å². The fourth-order valence-electron chi connectivity index (χ4n) is 6.37. The van der Waals surface area contributed by atoms with E-state index in [1.807, 2.05) is 6.92 Å². The number of thioether (sulfide) groups is 1. The summed E-state index contributed by atoms with van der Waals surface area (Å²) in [6.07, 6.45) is 2.08. The van der Waals surface area contributed by atoms with Crippen LogP contribution < -0.4 is 16.0 Å². The van der Waals surface area contributed by atoms with Gasteiger partial charge in [0.05, 0.1) is 92.0 Å². The van der Waals surface area contributed by atoms with Crippen LogP contribution in [0.25, 0.3) is 0 Å². The summed E-state index contributed by atoms with van der Waals surface area (Å²) in [5, 5.41) is 8.17. The zero-order valence-corrected chi connectivity index (χ0v) is 43.3. The zero-order chi connectivity index (χ0) is 52.5. The second kappa shape index (κ2) is 41.7. The molecule has 0 rings (SSSR count). The average molecular weight is 1020 g/mol. The van der Waals surface area contributed by atoms with Crippen LogP contribution in [0, 0.1) is 0 Å². The van der Waals surface area contributed by atoms with E-state index in [0.717, 1.165) is 0 Å². The molecule has 24 nitrogen and oxygen atoms in total. The molecule has 0 saturated heterocycles. The highest BCUT2D eigenvalue weighted by molar-refractivity contribution is 8.13. The second-order valence-corrected chi connectivity index (χ2v) is 16.3. The van der Waals surface area contributed by atoms with Crippen molar-refractivity contribution in [2.24, 2.45) is 0 Å². The van der Waals surface area contributed by atoms with E-state index in [2.05, 4.69) is 16.0 Å². The number of esters is 6. The summed E-state index contributed by atoms with van der Waals surface area (Å²) in [4.78, 5) is 134. The molecule has 25 heteroatoms. The lowest BCUT2D eigenvalue weighted by Crippen LogP contribution is -2.48. The fraction of sp³-hybridized carbons (Fsp3) is 0.778. The highest BCUT2D eigenvalue weighted by Crippen LogP contribution is 2.10. The molecule has 0 aliphatic heterocycles. The first-order chi connectivity index (χ1) is 33.5. The van der Waals surface area contributed by atoms with Gasteiger partial charge in [0.1, 0.15) is 0 Å². The Morgan fingerprint density at radius 1 is 0.386 bits per heavy atom. The summed E-state index contributed by atoms with van der Waals surface area (Å²) in [7, 11) is 0. The Morgan fingerprint density at radius 2 is 0.700 bits per heavy atom. The number of hydrogen-bond acceptors (Lipinski definition) is 21. The van der Waals surface area contributed by atoms with Gasteiger partial charge in [-0.15, -0.1) is 0 Å². The van der Waals surface area contributed by atoms with Crippen molar-refractivity contribution in [3.8, 4) is 0 Å². The number of nitrogens with one attached hydrogen (secondary N) is 3. The zero-order valence-electron chi connectivity index (χ0n) is 42.5. The van der Waals surface area contributed by atoms with Crippen LogP contribution in [0.2, 0.25) is 0 Å². The molecule has 0 aliphatic carbocycles. The maximum Gasteiger partial charge on any atom is 0.320 e. The van der Waals surface area contributed by atoms with Crippen molar-refractivity contribution in [1.29, 1.82) is 0 Å². The van der Waals surface area contributed by atoms with E-state index in [4.69, 9.17) is 28.4 Å². The van der Waals surface area contributed by atoms with Crippen LogP contribution in [0.4, 0.5) is 4.79 Å². The first-order valence-corrected chi connectivity index (χ1v) is 25.1. The molecule has 0 bridgehead atoms. The third-order valence-corrected chi connectivity index (χ3v) is 10.4. The van der Waals surface area contributed by atoms with Crippen LogP contribution >= 0.6 is 11.8 Å². The molecule has 0 saturated carbocycles. The first kappa shape index (κ1) is 64.9. The van der Waals surface area contributed by atoms with Crippen molar-refractivity contribution in [2.45, 2.75) is 74.1 Å². The van der Waals surface area contributed by atoms with Crippen molar-refractivity contribution in [1.82, 2.24) is 40.4 Å². The number of hydrogen-bond donors (Lipinski definition) is 3. The van der Waals surface area contributed by atoms with Crippen LogP contribution in [-0.4, -0.2) is 240 Å². The Balaban J connectivity index is 5.95. The Labute approximate surface area is 417 Å². The van der Waals surface area contributed by atoms with E-state index >= 15 is 0 Å². The molecule has 0 aromatic rings. The first-order valence-electron chi connectivity index (χ1n) is 24.1. The molecule has 0 aromatic carbocycles. The largest absolute Gasteiger partial charge is 0.465 e. The lowest BCUT2D eigenvalue weighted by atomic mass is 10.2. The van der Waals surface area contributed by atoms with Gasteiger partial charge in [0.25, 0.3) is 5.24 Å². The van der Waals surface area contributed by atoms with Gasteiger partial charge in [-0.1, -0.05) is 18.2 Å². The molecule has 0 atom stereocenters. The number of nitrogens with zero attached hydrogens (tertiary/aromatic N) is 5. The minimum Gasteiger partial charge on any atom is -0.465 e. The monoisotopic (exact) mass is 1020 g/mol. The normalized spacial score (nSPS) is 11.0. The van der Waals surface area contributed by atoms with Crippen LogP contribution in [-0.2, 0) is 71.6 Å². The van der Waals surface area contributed by atoms with Crippen molar-refractivity contribution >= 4 is 70.5 Å². The third kappa shape index (κ3) is 35.1. The van der Waals surface area contributed by atoms with Crippen molar-refractivity contribution in [2.75, 3.05) is 157 Å². The van der Waals surface area contributed by atoms with E-state index in [-0.39, 0.29) is 162 Å². The summed E-state index contributed by atoms with van der Waals surface area (Å²) in [6.45, 7) is 11.5. The smallest absolute Gasteiger partial charge is 0.320 e. The third-order valence-electron chi connectivity index (χ3n) is 9.50. The molecule has 402 valence electrons. The number of amides is 4. The maximum atomic E-state index is 13.6. The fourth-order valence-corrected chi connectivity index (χ4v) is 7.15. The quantitative estimate of drug-likeness (QED) is 0.0401. The molecule has 0 aromatic heterocycles. The molecule has 3 N–H and O–H groups in total. The van der Waals surface area contributed by atoms with E-state index in [1.165, 1.54) is 36.3 Å². The van der Waals surface area contributed by atoms with Gasteiger partial charge >= 0.3 is 35.8 Å². The lowest BCUT2D eigenvalue weighted by molar-refractivity contribution is -0.150. The molecule has 4 amide bonds. The van der Waals surface area contributed by atoms with E-state index < -0.39 is 47.6 Å². The molecular weight excluding hydrogens is 941 g/mol. The van der Waals surface area contributed by atoms with Crippen LogP contribution in [0.1, 0.15) is 74.1 Å². The van der Waals surface area contributed by atoms with Gasteiger partial charge in [-0.05, 0) is 61.3 Å². The summed E-state index contributed by atoms with van der Waals surface area (Å²) < 4.78 is 30.4. The number of rotatable bonds is 41. The maximum absolute atomic E-state index is 13.6. The molecule has 0 unspecified atom stereocenters. The van der Waals surface area contributed by atoms with Gasteiger partial charge in [0.2, 0.25) is 17.7 Å². The highest BCUT2D eigenvalue weighted by atomic mass is 32.2. The SMILES string of the molecule is CCNC(=O)SCCCCCC(=O)N(CCNC(=O)CN(CCN(CC(=O)OCC)CC(=O)OCC)CC(=O)OCC)CCNC(=O)CN(CCN(CC(=O)OCC)CC(=O)OCC)CC(=O)OCC. The molecule has 0 radical (unpaired) electrons. The summed E-state index contributed by atoms with van der Waals surface area (Å²) in [5.41, 5.74) is 0.